The maximum absolute atomic E-state index is 5.61. The summed E-state index contributed by atoms with van der Waals surface area (Å²) in [5, 5.41) is 12.0. The molecule has 94 valence electrons. The predicted octanol–water partition coefficient (Wildman–Crippen LogP) is 1.27. The zero-order chi connectivity index (χ0) is 11.5. The lowest BCUT2D eigenvalue weighted by atomic mass is 10.0. The largest absolute Gasteiger partial charge is 0.376 e. The summed E-state index contributed by atoms with van der Waals surface area (Å²) in [6.07, 6.45) is 8.48. The van der Waals surface area contributed by atoms with E-state index >= 15 is 0 Å². The van der Waals surface area contributed by atoms with Gasteiger partial charge in [0.25, 0.3) is 0 Å². The molecule has 2 aliphatic rings. The van der Waals surface area contributed by atoms with Crippen LogP contribution in [0.15, 0.2) is 6.20 Å². The molecule has 3 rings (SSSR count). The third-order valence-electron chi connectivity index (χ3n) is 3.64. The molecule has 0 aliphatic carbocycles. The molecule has 1 N–H and O–H groups in total. The number of aromatic nitrogens is 3. The second-order valence-electron chi connectivity index (χ2n) is 5.00. The van der Waals surface area contributed by atoms with Gasteiger partial charge < -0.3 is 10.1 Å². The van der Waals surface area contributed by atoms with Crippen LogP contribution in [0.2, 0.25) is 0 Å². The summed E-state index contributed by atoms with van der Waals surface area (Å²) in [7, 11) is 0. The van der Waals surface area contributed by atoms with Crippen LogP contribution >= 0.6 is 0 Å². The van der Waals surface area contributed by atoms with Crippen LogP contribution in [-0.2, 0) is 11.3 Å². The lowest BCUT2D eigenvalue weighted by molar-refractivity contribution is 0.0935. The number of ether oxygens (including phenoxy) is 1. The molecule has 2 atom stereocenters. The van der Waals surface area contributed by atoms with Crippen molar-refractivity contribution >= 4 is 0 Å². The molecule has 2 fully saturated rings. The molecule has 5 nitrogen and oxygen atoms in total. The maximum atomic E-state index is 5.61. The lowest BCUT2D eigenvalue weighted by Crippen LogP contribution is -2.27. The number of hydrogen-bond acceptors (Lipinski definition) is 4. The molecule has 5 heteroatoms. The number of hydrogen-bond donors (Lipinski definition) is 1. The standard InChI is InChI=1S/C12H20N4O/c1-2-6-13-11(5-1)12-9-16(15-14-12)8-10-4-3-7-17-10/h9-11,13H,1-8H2. The minimum absolute atomic E-state index is 0.337. The Morgan fingerprint density at radius 1 is 1.35 bits per heavy atom. The SMILES string of the molecule is c1c(C2CCCCN2)nnn1CC1CCCO1. The summed E-state index contributed by atoms with van der Waals surface area (Å²) in [6, 6.07) is 0.405. The minimum atomic E-state index is 0.337. The zero-order valence-corrected chi connectivity index (χ0v) is 10.1. The van der Waals surface area contributed by atoms with Gasteiger partial charge in [-0.1, -0.05) is 11.6 Å². The van der Waals surface area contributed by atoms with Crippen molar-refractivity contribution < 1.29 is 4.74 Å². The van der Waals surface area contributed by atoms with Gasteiger partial charge in [-0.3, -0.25) is 0 Å². The Morgan fingerprint density at radius 2 is 2.35 bits per heavy atom. The van der Waals surface area contributed by atoms with E-state index in [2.05, 4.69) is 21.8 Å². The highest BCUT2D eigenvalue weighted by atomic mass is 16.5. The van der Waals surface area contributed by atoms with E-state index in [9.17, 15) is 0 Å². The first kappa shape index (κ1) is 11.2. The summed E-state index contributed by atoms with van der Waals surface area (Å²) in [6.45, 7) is 2.85. The van der Waals surface area contributed by atoms with E-state index in [1.165, 1.54) is 25.7 Å². The van der Waals surface area contributed by atoms with Crippen molar-refractivity contribution in [3.63, 3.8) is 0 Å². The lowest BCUT2D eigenvalue weighted by Gasteiger charge is -2.20. The second kappa shape index (κ2) is 5.14. The second-order valence-corrected chi connectivity index (χ2v) is 5.00. The van der Waals surface area contributed by atoms with E-state index in [4.69, 9.17) is 4.74 Å². The van der Waals surface area contributed by atoms with E-state index in [1.807, 2.05) is 4.68 Å². The highest BCUT2D eigenvalue weighted by Gasteiger charge is 2.20. The first-order valence-electron chi connectivity index (χ1n) is 6.67. The topological polar surface area (TPSA) is 52.0 Å². The summed E-state index contributed by atoms with van der Waals surface area (Å²) >= 11 is 0. The van der Waals surface area contributed by atoms with Crippen molar-refractivity contribution in [2.45, 2.75) is 50.8 Å². The number of nitrogens with one attached hydrogen (secondary N) is 1. The van der Waals surface area contributed by atoms with Gasteiger partial charge >= 0.3 is 0 Å². The van der Waals surface area contributed by atoms with Gasteiger partial charge in [0.05, 0.1) is 30.6 Å². The predicted molar refractivity (Wildman–Crippen MR) is 63.6 cm³/mol. The van der Waals surface area contributed by atoms with Crippen molar-refractivity contribution in [3.05, 3.63) is 11.9 Å². The smallest absolute Gasteiger partial charge is 0.0996 e. The van der Waals surface area contributed by atoms with Crippen LogP contribution < -0.4 is 5.32 Å². The average Bonchev–Trinajstić information content (AvgIpc) is 3.02. The van der Waals surface area contributed by atoms with Gasteiger partial charge in [-0.05, 0) is 32.2 Å². The number of rotatable bonds is 3. The van der Waals surface area contributed by atoms with Crippen LogP contribution in [-0.4, -0.2) is 34.2 Å². The zero-order valence-electron chi connectivity index (χ0n) is 10.1. The Kier molecular flexibility index (Phi) is 3.38. The molecule has 0 amide bonds. The Morgan fingerprint density at radius 3 is 3.12 bits per heavy atom. The third kappa shape index (κ3) is 2.66. The van der Waals surface area contributed by atoms with Crippen molar-refractivity contribution in [1.82, 2.24) is 20.3 Å². The molecule has 1 aromatic rings. The van der Waals surface area contributed by atoms with E-state index in [0.29, 0.717) is 12.1 Å². The fourth-order valence-electron chi connectivity index (χ4n) is 2.66. The molecule has 3 heterocycles. The summed E-state index contributed by atoms with van der Waals surface area (Å²) in [5.41, 5.74) is 1.09. The Labute approximate surface area is 102 Å². The molecule has 2 aliphatic heterocycles. The number of piperidine rings is 1. The average molecular weight is 236 g/mol. The maximum Gasteiger partial charge on any atom is 0.0996 e. The van der Waals surface area contributed by atoms with E-state index in [1.54, 1.807) is 0 Å². The van der Waals surface area contributed by atoms with E-state index in [-0.39, 0.29) is 0 Å². The highest BCUT2D eigenvalue weighted by Crippen LogP contribution is 2.21. The quantitative estimate of drug-likeness (QED) is 0.858. The van der Waals surface area contributed by atoms with Gasteiger partial charge in [-0.2, -0.15) is 0 Å². The molecule has 2 saturated heterocycles. The monoisotopic (exact) mass is 236 g/mol. The Hall–Kier alpha value is -0.940. The van der Waals surface area contributed by atoms with Gasteiger partial charge in [-0.25, -0.2) is 4.68 Å². The summed E-state index contributed by atoms with van der Waals surface area (Å²) < 4.78 is 7.54. The molecule has 0 radical (unpaired) electrons. The van der Waals surface area contributed by atoms with Gasteiger partial charge in [0.15, 0.2) is 0 Å². The Bertz CT molecular complexity index is 353. The summed E-state index contributed by atoms with van der Waals surface area (Å²) in [5.74, 6) is 0. The van der Waals surface area contributed by atoms with Gasteiger partial charge in [0, 0.05) is 6.61 Å². The van der Waals surface area contributed by atoms with Gasteiger partial charge in [-0.15, -0.1) is 5.10 Å². The third-order valence-corrected chi connectivity index (χ3v) is 3.64. The summed E-state index contributed by atoms with van der Waals surface area (Å²) in [4.78, 5) is 0. The normalized spacial score (nSPS) is 29.6. The molecular formula is C12H20N4O. The van der Waals surface area contributed by atoms with Crippen LogP contribution in [0.25, 0.3) is 0 Å². The molecule has 0 aromatic carbocycles. The van der Waals surface area contributed by atoms with E-state index in [0.717, 1.165) is 31.8 Å². The van der Waals surface area contributed by atoms with Crippen molar-refractivity contribution in [2.24, 2.45) is 0 Å². The molecule has 17 heavy (non-hydrogen) atoms. The molecule has 1 aromatic heterocycles. The highest BCUT2D eigenvalue weighted by molar-refractivity contribution is 5.01. The van der Waals surface area contributed by atoms with E-state index < -0.39 is 0 Å². The number of nitrogens with zero attached hydrogens (tertiary/aromatic N) is 3. The van der Waals surface area contributed by atoms with Crippen LogP contribution in [0.4, 0.5) is 0 Å². The minimum Gasteiger partial charge on any atom is -0.376 e. The first-order valence-corrected chi connectivity index (χ1v) is 6.67. The molecule has 0 spiro atoms. The molecule has 0 saturated carbocycles. The fourth-order valence-corrected chi connectivity index (χ4v) is 2.66. The van der Waals surface area contributed by atoms with Crippen LogP contribution in [0.5, 0.6) is 0 Å². The first-order chi connectivity index (χ1) is 8.42. The van der Waals surface area contributed by atoms with Gasteiger partial charge in [0.2, 0.25) is 0 Å². The van der Waals surface area contributed by atoms with Gasteiger partial charge in [0.1, 0.15) is 0 Å². The van der Waals surface area contributed by atoms with Crippen LogP contribution in [0.1, 0.15) is 43.8 Å². The molecule has 2 unspecified atom stereocenters. The Balaban J connectivity index is 1.60. The van der Waals surface area contributed by atoms with Crippen molar-refractivity contribution in [2.75, 3.05) is 13.2 Å². The van der Waals surface area contributed by atoms with Crippen molar-refractivity contribution in [3.8, 4) is 0 Å². The van der Waals surface area contributed by atoms with Crippen LogP contribution in [0.3, 0.4) is 0 Å². The molecular weight excluding hydrogens is 216 g/mol. The molecule has 0 bridgehead atoms. The fraction of sp³-hybridized carbons (Fsp3) is 0.833. The van der Waals surface area contributed by atoms with Crippen LogP contribution in [0, 0.1) is 0 Å². The van der Waals surface area contributed by atoms with Crippen molar-refractivity contribution in [1.29, 1.82) is 0 Å².